The molecule has 0 saturated carbocycles. The number of benzene rings is 1. The average Bonchev–Trinajstić information content (AvgIpc) is 3.26. The zero-order chi connectivity index (χ0) is 22.6. The fourth-order valence-corrected chi connectivity index (χ4v) is 3.52. The SMILES string of the molecule is COc1cc(-c2cc(C(=O)N(CC(F)(F)F)C3CCOCC3)[nH]n2)cc(OC)c1OC. The number of alkyl halides is 3. The van der Waals surface area contributed by atoms with Gasteiger partial charge in [0, 0.05) is 24.8 Å². The number of aromatic amines is 1. The minimum absolute atomic E-state index is 0.0421. The van der Waals surface area contributed by atoms with E-state index in [0.29, 0.717) is 54.6 Å². The van der Waals surface area contributed by atoms with Gasteiger partial charge in [-0.3, -0.25) is 9.89 Å². The van der Waals surface area contributed by atoms with Crippen LogP contribution >= 0.6 is 0 Å². The van der Waals surface area contributed by atoms with E-state index in [0.717, 1.165) is 4.90 Å². The summed E-state index contributed by atoms with van der Waals surface area (Å²) in [4.78, 5) is 13.8. The first-order valence-electron chi connectivity index (χ1n) is 9.58. The molecule has 0 bridgehead atoms. The Morgan fingerprint density at radius 2 is 1.74 bits per heavy atom. The molecule has 1 aromatic carbocycles. The molecule has 1 fully saturated rings. The van der Waals surface area contributed by atoms with Crippen LogP contribution in [0.2, 0.25) is 0 Å². The lowest BCUT2D eigenvalue weighted by Gasteiger charge is -2.34. The first kappa shape index (κ1) is 22.7. The van der Waals surface area contributed by atoms with Crippen LogP contribution in [0.3, 0.4) is 0 Å². The van der Waals surface area contributed by atoms with Crippen LogP contribution in [0, 0.1) is 0 Å². The molecule has 1 saturated heterocycles. The number of nitrogens with zero attached hydrogens (tertiary/aromatic N) is 2. The number of hydrogen-bond donors (Lipinski definition) is 1. The number of carbonyl (C=O) groups excluding carboxylic acids is 1. The number of carbonyl (C=O) groups is 1. The van der Waals surface area contributed by atoms with Crippen molar-refractivity contribution < 1.29 is 36.9 Å². The molecule has 2 aromatic rings. The largest absolute Gasteiger partial charge is 0.493 e. The maximum absolute atomic E-state index is 13.2. The van der Waals surface area contributed by atoms with Gasteiger partial charge in [-0.25, -0.2) is 0 Å². The Morgan fingerprint density at radius 1 is 1.13 bits per heavy atom. The highest BCUT2D eigenvalue weighted by molar-refractivity contribution is 5.93. The number of methoxy groups -OCH3 is 3. The smallest absolute Gasteiger partial charge is 0.406 e. The molecule has 0 aliphatic carbocycles. The Balaban J connectivity index is 1.91. The van der Waals surface area contributed by atoms with Crippen LogP contribution in [0.25, 0.3) is 11.3 Å². The number of rotatable bonds is 7. The molecule has 0 unspecified atom stereocenters. The van der Waals surface area contributed by atoms with E-state index in [4.69, 9.17) is 18.9 Å². The molecule has 1 amide bonds. The van der Waals surface area contributed by atoms with Gasteiger partial charge in [-0.1, -0.05) is 0 Å². The molecule has 2 heterocycles. The fourth-order valence-electron chi connectivity index (χ4n) is 3.52. The quantitative estimate of drug-likeness (QED) is 0.707. The van der Waals surface area contributed by atoms with E-state index >= 15 is 0 Å². The van der Waals surface area contributed by atoms with Crippen molar-refractivity contribution in [2.24, 2.45) is 0 Å². The predicted molar refractivity (Wildman–Crippen MR) is 105 cm³/mol. The van der Waals surface area contributed by atoms with E-state index in [9.17, 15) is 18.0 Å². The molecule has 0 atom stereocenters. The zero-order valence-electron chi connectivity index (χ0n) is 17.4. The monoisotopic (exact) mass is 443 g/mol. The Kier molecular flexibility index (Phi) is 6.94. The third-order valence-electron chi connectivity index (χ3n) is 5.01. The van der Waals surface area contributed by atoms with E-state index in [1.54, 1.807) is 12.1 Å². The van der Waals surface area contributed by atoms with Gasteiger partial charge in [-0.05, 0) is 31.0 Å². The predicted octanol–water partition coefficient (Wildman–Crippen LogP) is 3.29. The second-order valence-corrected chi connectivity index (χ2v) is 6.97. The van der Waals surface area contributed by atoms with Gasteiger partial charge in [0.25, 0.3) is 5.91 Å². The van der Waals surface area contributed by atoms with Crippen molar-refractivity contribution in [3.8, 4) is 28.5 Å². The molecule has 3 rings (SSSR count). The summed E-state index contributed by atoms with van der Waals surface area (Å²) in [6.07, 6.45) is -3.83. The Hall–Kier alpha value is -2.95. The van der Waals surface area contributed by atoms with E-state index in [1.165, 1.54) is 27.4 Å². The zero-order valence-corrected chi connectivity index (χ0v) is 17.4. The molecule has 1 aliphatic rings. The topological polar surface area (TPSA) is 85.9 Å². The summed E-state index contributed by atoms with van der Waals surface area (Å²) in [5.74, 6) is 0.383. The van der Waals surface area contributed by atoms with Gasteiger partial charge in [-0.2, -0.15) is 18.3 Å². The number of H-pyrrole nitrogens is 1. The summed E-state index contributed by atoms with van der Waals surface area (Å²) in [7, 11) is 4.39. The van der Waals surface area contributed by atoms with E-state index in [2.05, 4.69) is 10.2 Å². The highest BCUT2D eigenvalue weighted by Crippen LogP contribution is 2.41. The molecule has 31 heavy (non-hydrogen) atoms. The standard InChI is InChI=1S/C20H24F3N3O5/c1-28-16-8-12(9-17(29-2)18(16)30-3)14-10-15(25-24-14)19(27)26(11-20(21,22)23)13-4-6-31-7-5-13/h8-10,13H,4-7,11H2,1-3H3,(H,24,25). The van der Waals surface area contributed by atoms with Crippen molar-refractivity contribution >= 4 is 5.91 Å². The lowest BCUT2D eigenvalue weighted by molar-refractivity contribution is -0.147. The maximum Gasteiger partial charge on any atom is 0.406 e. The van der Waals surface area contributed by atoms with Crippen LogP contribution in [-0.4, -0.2) is 74.3 Å². The molecular weight excluding hydrogens is 419 g/mol. The first-order valence-corrected chi connectivity index (χ1v) is 9.58. The molecule has 1 aromatic heterocycles. The molecule has 0 radical (unpaired) electrons. The average molecular weight is 443 g/mol. The highest BCUT2D eigenvalue weighted by Gasteiger charge is 2.38. The Labute approximate surface area is 177 Å². The van der Waals surface area contributed by atoms with Crippen molar-refractivity contribution in [2.75, 3.05) is 41.1 Å². The lowest BCUT2D eigenvalue weighted by atomic mass is 10.1. The minimum Gasteiger partial charge on any atom is -0.493 e. The summed E-state index contributed by atoms with van der Waals surface area (Å²) in [5, 5.41) is 6.67. The number of halogens is 3. The van der Waals surface area contributed by atoms with Crippen LogP contribution in [0.5, 0.6) is 17.2 Å². The molecule has 8 nitrogen and oxygen atoms in total. The molecule has 170 valence electrons. The summed E-state index contributed by atoms with van der Waals surface area (Å²) in [6.45, 7) is -0.715. The maximum atomic E-state index is 13.2. The summed E-state index contributed by atoms with van der Waals surface area (Å²) >= 11 is 0. The van der Waals surface area contributed by atoms with Crippen molar-refractivity contribution in [2.45, 2.75) is 25.1 Å². The second kappa shape index (κ2) is 9.46. The highest BCUT2D eigenvalue weighted by atomic mass is 19.4. The normalized spacial score (nSPS) is 14.9. The van der Waals surface area contributed by atoms with Crippen molar-refractivity contribution in [1.29, 1.82) is 0 Å². The van der Waals surface area contributed by atoms with E-state index in [1.807, 2.05) is 0 Å². The van der Waals surface area contributed by atoms with Crippen LogP contribution < -0.4 is 14.2 Å². The van der Waals surface area contributed by atoms with Crippen molar-refractivity contribution in [3.05, 3.63) is 23.9 Å². The minimum atomic E-state index is -4.52. The summed E-state index contributed by atoms with van der Waals surface area (Å²) in [6, 6.07) is 4.12. The number of amides is 1. The second-order valence-electron chi connectivity index (χ2n) is 6.97. The number of ether oxygens (including phenoxy) is 4. The lowest BCUT2D eigenvalue weighted by Crippen LogP contribution is -2.48. The van der Waals surface area contributed by atoms with Gasteiger partial charge < -0.3 is 23.8 Å². The van der Waals surface area contributed by atoms with Crippen molar-refractivity contribution in [1.82, 2.24) is 15.1 Å². The van der Waals surface area contributed by atoms with Gasteiger partial charge in [0.15, 0.2) is 11.5 Å². The number of hydrogen-bond acceptors (Lipinski definition) is 6. The molecule has 11 heteroatoms. The summed E-state index contributed by atoms with van der Waals surface area (Å²) < 4.78 is 60.6. The Bertz CT molecular complexity index is 885. The molecule has 1 N–H and O–H groups in total. The van der Waals surface area contributed by atoms with Gasteiger partial charge in [-0.15, -0.1) is 0 Å². The summed E-state index contributed by atoms with van der Waals surface area (Å²) in [5.41, 5.74) is 0.847. The van der Waals surface area contributed by atoms with Gasteiger partial charge in [0.05, 0.1) is 27.0 Å². The third kappa shape index (κ3) is 5.22. The van der Waals surface area contributed by atoms with Gasteiger partial charge in [0.1, 0.15) is 12.2 Å². The molecule has 0 spiro atoms. The van der Waals surface area contributed by atoms with Crippen LogP contribution in [0.15, 0.2) is 18.2 Å². The van der Waals surface area contributed by atoms with Gasteiger partial charge >= 0.3 is 6.18 Å². The van der Waals surface area contributed by atoms with E-state index in [-0.39, 0.29) is 5.69 Å². The third-order valence-corrected chi connectivity index (χ3v) is 5.01. The molecule has 1 aliphatic heterocycles. The Morgan fingerprint density at radius 3 is 2.26 bits per heavy atom. The molecular formula is C20H24F3N3O5. The van der Waals surface area contributed by atoms with E-state index < -0.39 is 24.7 Å². The van der Waals surface area contributed by atoms with Gasteiger partial charge in [0.2, 0.25) is 5.75 Å². The van der Waals surface area contributed by atoms with Crippen LogP contribution in [-0.2, 0) is 4.74 Å². The van der Waals surface area contributed by atoms with Crippen molar-refractivity contribution in [3.63, 3.8) is 0 Å². The first-order chi connectivity index (χ1) is 14.8. The van der Waals surface area contributed by atoms with Crippen LogP contribution in [0.1, 0.15) is 23.3 Å². The fraction of sp³-hybridized carbons (Fsp3) is 0.500. The van der Waals surface area contributed by atoms with Crippen LogP contribution in [0.4, 0.5) is 13.2 Å². The number of aromatic nitrogens is 2. The number of nitrogens with one attached hydrogen (secondary N) is 1.